The Bertz CT molecular complexity index is 1020. The van der Waals surface area contributed by atoms with E-state index in [0.717, 1.165) is 40.0 Å². The average Bonchev–Trinajstić information content (AvgIpc) is 3.05. The molecule has 5 nitrogen and oxygen atoms in total. The molecule has 2 heterocycles. The molecular formula is C19H19N3O2S. The molecule has 0 saturated heterocycles. The summed E-state index contributed by atoms with van der Waals surface area (Å²) >= 11 is 1.16. The monoisotopic (exact) mass is 353 g/mol. The van der Waals surface area contributed by atoms with Crippen LogP contribution in [0.1, 0.15) is 40.5 Å². The minimum Gasteiger partial charge on any atom is -0.477 e. The van der Waals surface area contributed by atoms with Gasteiger partial charge in [-0.2, -0.15) is 5.26 Å². The van der Waals surface area contributed by atoms with Crippen molar-refractivity contribution in [1.82, 2.24) is 9.55 Å². The fourth-order valence-corrected chi connectivity index (χ4v) is 3.98. The molecule has 25 heavy (non-hydrogen) atoms. The van der Waals surface area contributed by atoms with Crippen LogP contribution in [-0.2, 0) is 6.54 Å². The van der Waals surface area contributed by atoms with Crippen molar-refractivity contribution < 1.29 is 9.90 Å². The molecule has 0 aliphatic carbocycles. The summed E-state index contributed by atoms with van der Waals surface area (Å²) in [4.78, 5) is 15.9. The molecule has 0 radical (unpaired) electrons. The standard InChI is InChI=1S/C19H19N3O2S/c1-10(2)9-22-12(4)15(8-20)14-7-13(5-6-16(14)22)18-21-11(3)17(25-18)19(23)24/h5-7,10H,9H2,1-4H3,(H,23,24). The summed E-state index contributed by atoms with van der Waals surface area (Å²) < 4.78 is 2.18. The van der Waals surface area contributed by atoms with Gasteiger partial charge in [0, 0.05) is 28.7 Å². The number of aromatic carboxylic acids is 1. The number of nitrogens with zero attached hydrogens (tertiary/aromatic N) is 3. The smallest absolute Gasteiger partial charge is 0.347 e. The molecule has 0 spiro atoms. The number of aromatic nitrogens is 2. The second-order valence-electron chi connectivity index (χ2n) is 6.55. The van der Waals surface area contributed by atoms with Crippen LogP contribution in [0.5, 0.6) is 0 Å². The molecule has 1 aromatic carbocycles. The number of hydrogen-bond donors (Lipinski definition) is 1. The number of rotatable bonds is 4. The van der Waals surface area contributed by atoms with Gasteiger partial charge < -0.3 is 9.67 Å². The SMILES string of the molecule is Cc1nc(-c2ccc3c(c2)c(C#N)c(C)n3CC(C)C)sc1C(=O)O. The molecule has 1 N–H and O–H groups in total. The zero-order valence-electron chi connectivity index (χ0n) is 14.6. The molecule has 0 atom stereocenters. The van der Waals surface area contributed by atoms with E-state index >= 15 is 0 Å². The first-order chi connectivity index (χ1) is 11.8. The highest BCUT2D eigenvalue weighted by atomic mass is 32.1. The van der Waals surface area contributed by atoms with E-state index in [1.54, 1.807) is 6.92 Å². The summed E-state index contributed by atoms with van der Waals surface area (Å²) in [6.07, 6.45) is 0. The first kappa shape index (κ1) is 17.2. The Balaban J connectivity index is 2.19. The summed E-state index contributed by atoms with van der Waals surface area (Å²) in [6, 6.07) is 8.21. The Labute approximate surface area is 150 Å². The first-order valence-corrected chi connectivity index (χ1v) is 8.89. The van der Waals surface area contributed by atoms with Crippen molar-refractivity contribution in [2.45, 2.75) is 34.2 Å². The van der Waals surface area contributed by atoms with Crippen LogP contribution >= 0.6 is 11.3 Å². The third kappa shape index (κ3) is 2.92. The topological polar surface area (TPSA) is 78.9 Å². The summed E-state index contributed by atoms with van der Waals surface area (Å²) in [5, 5.41) is 20.4. The average molecular weight is 353 g/mol. The molecule has 0 aliphatic rings. The maximum atomic E-state index is 11.3. The van der Waals surface area contributed by atoms with E-state index < -0.39 is 5.97 Å². The molecule has 0 unspecified atom stereocenters. The minimum absolute atomic E-state index is 0.254. The second kappa shape index (κ2) is 6.34. The molecule has 2 aromatic heterocycles. The zero-order valence-corrected chi connectivity index (χ0v) is 15.4. The van der Waals surface area contributed by atoms with Crippen molar-refractivity contribution in [2.75, 3.05) is 0 Å². The summed E-state index contributed by atoms with van der Waals surface area (Å²) in [5.41, 5.74) is 4.01. The molecule has 6 heteroatoms. The van der Waals surface area contributed by atoms with Crippen LogP contribution < -0.4 is 0 Å². The van der Waals surface area contributed by atoms with Crippen molar-refractivity contribution in [3.63, 3.8) is 0 Å². The normalized spacial score (nSPS) is 11.2. The van der Waals surface area contributed by atoms with Crippen molar-refractivity contribution in [3.05, 3.63) is 40.0 Å². The molecular weight excluding hydrogens is 334 g/mol. The lowest BCUT2D eigenvalue weighted by Crippen LogP contribution is -2.05. The van der Waals surface area contributed by atoms with Gasteiger partial charge in [0.05, 0.1) is 11.3 Å². The largest absolute Gasteiger partial charge is 0.477 e. The van der Waals surface area contributed by atoms with E-state index in [-0.39, 0.29) is 4.88 Å². The highest BCUT2D eigenvalue weighted by Crippen LogP contribution is 2.33. The molecule has 0 bridgehead atoms. The zero-order chi connectivity index (χ0) is 18.3. The molecule has 128 valence electrons. The molecule has 0 amide bonds. The van der Waals surface area contributed by atoms with E-state index in [4.69, 9.17) is 0 Å². The number of fused-ring (bicyclic) bond motifs is 1. The Morgan fingerprint density at radius 2 is 2.12 bits per heavy atom. The van der Waals surface area contributed by atoms with Crippen molar-refractivity contribution in [3.8, 4) is 16.6 Å². The van der Waals surface area contributed by atoms with E-state index in [9.17, 15) is 15.2 Å². The number of aryl methyl sites for hydroxylation is 1. The third-order valence-electron chi connectivity index (χ3n) is 4.22. The third-order valence-corrected chi connectivity index (χ3v) is 5.42. The van der Waals surface area contributed by atoms with Gasteiger partial charge in [0.1, 0.15) is 16.0 Å². The number of benzene rings is 1. The van der Waals surface area contributed by atoms with Gasteiger partial charge in [-0.1, -0.05) is 13.8 Å². The summed E-state index contributed by atoms with van der Waals surface area (Å²) in [7, 11) is 0. The Morgan fingerprint density at radius 1 is 1.40 bits per heavy atom. The molecule has 0 aliphatic heterocycles. The van der Waals surface area contributed by atoms with Crippen LogP contribution in [0.3, 0.4) is 0 Å². The first-order valence-electron chi connectivity index (χ1n) is 8.07. The number of thiazole rings is 1. The number of hydrogen-bond acceptors (Lipinski definition) is 4. The van der Waals surface area contributed by atoms with Gasteiger partial charge in [-0.05, 0) is 38.0 Å². The predicted octanol–water partition coefficient (Wildman–Crippen LogP) is 4.61. The van der Waals surface area contributed by atoms with Gasteiger partial charge in [0.15, 0.2) is 0 Å². The predicted molar refractivity (Wildman–Crippen MR) is 99.0 cm³/mol. The Morgan fingerprint density at radius 3 is 2.68 bits per heavy atom. The van der Waals surface area contributed by atoms with Gasteiger partial charge >= 0.3 is 5.97 Å². The highest BCUT2D eigenvalue weighted by molar-refractivity contribution is 7.17. The number of carbonyl (C=O) groups is 1. The van der Waals surface area contributed by atoms with E-state index in [2.05, 4.69) is 29.5 Å². The lowest BCUT2D eigenvalue weighted by atomic mass is 10.1. The van der Waals surface area contributed by atoms with E-state index in [0.29, 0.717) is 22.2 Å². The van der Waals surface area contributed by atoms with Gasteiger partial charge in [-0.3, -0.25) is 0 Å². The highest BCUT2D eigenvalue weighted by Gasteiger charge is 2.18. The molecule has 0 saturated carbocycles. The maximum Gasteiger partial charge on any atom is 0.347 e. The van der Waals surface area contributed by atoms with Gasteiger partial charge in [-0.15, -0.1) is 11.3 Å². The Kier molecular flexibility index (Phi) is 4.36. The van der Waals surface area contributed by atoms with Gasteiger partial charge in [-0.25, -0.2) is 9.78 Å². The van der Waals surface area contributed by atoms with Gasteiger partial charge in [0.2, 0.25) is 0 Å². The van der Waals surface area contributed by atoms with Crippen LogP contribution in [0.25, 0.3) is 21.5 Å². The summed E-state index contributed by atoms with van der Waals surface area (Å²) in [6.45, 7) is 8.82. The number of carboxylic acids is 1. The molecule has 3 rings (SSSR count). The Hall–Kier alpha value is -2.65. The quantitative estimate of drug-likeness (QED) is 0.743. The van der Waals surface area contributed by atoms with E-state index in [1.165, 1.54) is 0 Å². The van der Waals surface area contributed by atoms with E-state index in [1.807, 2.05) is 25.1 Å². The van der Waals surface area contributed by atoms with Crippen molar-refractivity contribution >= 4 is 28.2 Å². The molecule has 3 aromatic rings. The lowest BCUT2D eigenvalue weighted by molar-refractivity contribution is 0.0701. The van der Waals surface area contributed by atoms with Crippen molar-refractivity contribution in [1.29, 1.82) is 5.26 Å². The van der Waals surface area contributed by atoms with Crippen LogP contribution in [-0.4, -0.2) is 20.6 Å². The lowest BCUT2D eigenvalue weighted by Gasteiger charge is -2.11. The summed E-state index contributed by atoms with van der Waals surface area (Å²) in [5.74, 6) is -0.487. The van der Waals surface area contributed by atoms with Crippen LogP contribution in [0.15, 0.2) is 18.2 Å². The number of nitriles is 1. The fraction of sp³-hybridized carbons (Fsp3) is 0.316. The fourth-order valence-electron chi connectivity index (χ4n) is 3.08. The molecule has 0 fully saturated rings. The van der Waals surface area contributed by atoms with Gasteiger partial charge in [0.25, 0.3) is 0 Å². The second-order valence-corrected chi connectivity index (χ2v) is 7.55. The van der Waals surface area contributed by atoms with Crippen LogP contribution in [0.2, 0.25) is 0 Å². The number of carboxylic acid groups (broad SMARTS) is 1. The van der Waals surface area contributed by atoms with Crippen LogP contribution in [0, 0.1) is 31.1 Å². The maximum absolute atomic E-state index is 11.3. The van der Waals surface area contributed by atoms with Crippen LogP contribution in [0.4, 0.5) is 0 Å². The minimum atomic E-state index is -0.959. The van der Waals surface area contributed by atoms with Crippen molar-refractivity contribution in [2.24, 2.45) is 5.92 Å².